The van der Waals surface area contributed by atoms with Crippen LogP contribution in [0.2, 0.25) is 0 Å². The van der Waals surface area contributed by atoms with E-state index in [1.807, 2.05) is 26.0 Å². The van der Waals surface area contributed by atoms with Crippen LogP contribution >= 0.6 is 11.3 Å². The van der Waals surface area contributed by atoms with Gasteiger partial charge in [0.05, 0.1) is 11.1 Å². The van der Waals surface area contributed by atoms with Crippen molar-refractivity contribution in [3.05, 3.63) is 50.9 Å². The van der Waals surface area contributed by atoms with E-state index in [1.54, 1.807) is 23.5 Å². The first-order chi connectivity index (χ1) is 14.0. The first kappa shape index (κ1) is 19.8. The molecular weight excluding hydrogens is 384 g/mol. The van der Waals surface area contributed by atoms with Crippen molar-refractivity contribution in [2.24, 2.45) is 5.92 Å². The topological polar surface area (TPSA) is 76.9 Å². The summed E-state index contributed by atoms with van der Waals surface area (Å²) in [4.78, 5) is 31.8. The molecule has 7 heteroatoms. The number of hydrogen-bond acceptors (Lipinski definition) is 5. The van der Waals surface area contributed by atoms with Gasteiger partial charge in [0.1, 0.15) is 0 Å². The molecule has 0 bridgehead atoms. The van der Waals surface area contributed by atoms with Gasteiger partial charge in [0, 0.05) is 16.8 Å². The number of carbonyl (C=O) groups is 1. The molecule has 2 heterocycles. The number of thiazole rings is 1. The Morgan fingerprint density at radius 1 is 1.14 bits per heavy atom. The minimum Gasteiger partial charge on any atom is -0.296 e. The van der Waals surface area contributed by atoms with Crippen LogP contribution in [0.3, 0.4) is 0 Å². The Bertz CT molecular complexity index is 1070. The highest BCUT2D eigenvalue weighted by molar-refractivity contribution is 7.15. The Morgan fingerprint density at radius 2 is 1.86 bits per heavy atom. The summed E-state index contributed by atoms with van der Waals surface area (Å²) in [5.74, 6) is -0.0729. The zero-order valence-electron chi connectivity index (χ0n) is 16.9. The summed E-state index contributed by atoms with van der Waals surface area (Å²) in [6.45, 7) is 4.51. The van der Waals surface area contributed by atoms with Gasteiger partial charge in [-0.3, -0.25) is 14.9 Å². The van der Waals surface area contributed by atoms with Gasteiger partial charge >= 0.3 is 0 Å². The molecule has 0 saturated heterocycles. The van der Waals surface area contributed by atoms with Crippen LogP contribution in [-0.2, 0) is 19.4 Å². The molecule has 2 aromatic heterocycles. The third-order valence-corrected chi connectivity index (χ3v) is 6.26. The molecule has 0 radical (unpaired) electrons. The highest BCUT2D eigenvalue weighted by Gasteiger charge is 2.20. The van der Waals surface area contributed by atoms with E-state index in [0.717, 1.165) is 25.0 Å². The molecule has 1 aliphatic carbocycles. The third-order valence-electron chi connectivity index (χ3n) is 5.19. The summed E-state index contributed by atoms with van der Waals surface area (Å²) in [6.07, 6.45) is 6.83. The molecule has 4 rings (SSSR count). The number of benzene rings is 1. The lowest BCUT2D eigenvalue weighted by atomic mass is 10.0. The molecule has 6 nitrogen and oxygen atoms in total. The average Bonchev–Trinajstić information content (AvgIpc) is 3.04. The predicted octanol–water partition coefficient (Wildman–Crippen LogP) is 4.42. The smallest absolute Gasteiger partial charge is 0.278 e. The van der Waals surface area contributed by atoms with Crippen LogP contribution in [0, 0.1) is 5.92 Å². The molecule has 0 spiro atoms. The molecule has 0 fully saturated rings. The van der Waals surface area contributed by atoms with E-state index in [4.69, 9.17) is 0 Å². The highest BCUT2D eigenvalue weighted by Crippen LogP contribution is 2.29. The van der Waals surface area contributed by atoms with Crippen LogP contribution in [0.15, 0.2) is 29.1 Å². The first-order valence-corrected chi connectivity index (χ1v) is 11.1. The van der Waals surface area contributed by atoms with Crippen LogP contribution in [0.1, 0.15) is 60.6 Å². The second kappa shape index (κ2) is 8.45. The fourth-order valence-corrected chi connectivity index (χ4v) is 4.83. The van der Waals surface area contributed by atoms with Crippen molar-refractivity contribution in [2.45, 2.75) is 58.9 Å². The van der Waals surface area contributed by atoms with Gasteiger partial charge in [-0.15, -0.1) is 11.3 Å². The van der Waals surface area contributed by atoms with Gasteiger partial charge in [0.25, 0.3) is 11.5 Å². The molecule has 1 aromatic carbocycles. The standard InChI is InChI=1S/C22H26N4O2S/c1-14(2)13-26-21(28)16-10-8-7-9-15(16)19(25-26)20(27)24-22-23-17-11-5-3-4-6-12-18(17)29-22/h7-10,14H,3-6,11-13H2,1-2H3,(H,23,24,27). The van der Waals surface area contributed by atoms with Gasteiger partial charge in [-0.25, -0.2) is 9.67 Å². The van der Waals surface area contributed by atoms with Crippen LogP contribution in [0.4, 0.5) is 5.13 Å². The van der Waals surface area contributed by atoms with Crippen LogP contribution < -0.4 is 10.9 Å². The van der Waals surface area contributed by atoms with E-state index >= 15 is 0 Å². The SMILES string of the molecule is CC(C)Cn1nc(C(=O)Nc2nc3c(s2)CCCCCC3)c2ccccc2c1=O. The number of anilines is 1. The Morgan fingerprint density at radius 3 is 2.62 bits per heavy atom. The van der Waals surface area contributed by atoms with Crippen LogP contribution in [-0.4, -0.2) is 20.7 Å². The Labute approximate surface area is 174 Å². The molecule has 3 aromatic rings. The quantitative estimate of drug-likeness (QED) is 0.691. The minimum absolute atomic E-state index is 0.164. The van der Waals surface area contributed by atoms with E-state index in [1.165, 1.54) is 28.8 Å². The number of nitrogens with one attached hydrogen (secondary N) is 1. The molecule has 152 valence electrons. The average molecular weight is 411 g/mol. The summed E-state index contributed by atoms with van der Waals surface area (Å²) >= 11 is 1.56. The van der Waals surface area contributed by atoms with E-state index < -0.39 is 0 Å². The lowest BCUT2D eigenvalue weighted by Gasteiger charge is -2.12. The van der Waals surface area contributed by atoms with Crippen molar-refractivity contribution in [2.75, 3.05) is 5.32 Å². The summed E-state index contributed by atoms with van der Waals surface area (Å²) in [5, 5.41) is 9.06. The van der Waals surface area contributed by atoms with Crippen molar-refractivity contribution in [3.8, 4) is 0 Å². The number of rotatable bonds is 4. The summed E-state index contributed by atoms with van der Waals surface area (Å²) in [6, 6.07) is 7.16. The van der Waals surface area contributed by atoms with Crippen molar-refractivity contribution in [3.63, 3.8) is 0 Å². The minimum atomic E-state index is -0.319. The number of aromatic nitrogens is 3. The van der Waals surface area contributed by atoms with Crippen molar-refractivity contribution in [1.82, 2.24) is 14.8 Å². The molecule has 0 atom stereocenters. The molecule has 0 aliphatic heterocycles. The Kier molecular flexibility index (Phi) is 5.76. The monoisotopic (exact) mass is 410 g/mol. The molecule has 1 aliphatic rings. The zero-order valence-corrected chi connectivity index (χ0v) is 17.7. The van der Waals surface area contributed by atoms with Gasteiger partial charge in [0.2, 0.25) is 0 Å². The summed E-state index contributed by atoms with van der Waals surface area (Å²) < 4.78 is 1.41. The lowest BCUT2D eigenvalue weighted by molar-refractivity contribution is 0.102. The number of carbonyl (C=O) groups excluding carboxylic acids is 1. The van der Waals surface area contributed by atoms with Crippen molar-refractivity contribution >= 4 is 33.1 Å². The highest BCUT2D eigenvalue weighted by atomic mass is 32.1. The fourth-order valence-electron chi connectivity index (χ4n) is 3.79. The van der Waals surface area contributed by atoms with Gasteiger partial charge in [-0.1, -0.05) is 44.9 Å². The largest absolute Gasteiger partial charge is 0.296 e. The molecule has 1 amide bonds. The van der Waals surface area contributed by atoms with Crippen molar-refractivity contribution in [1.29, 1.82) is 0 Å². The number of aryl methyl sites for hydroxylation is 2. The van der Waals surface area contributed by atoms with Crippen LogP contribution in [0.5, 0.6) is 0 Å². The molecular formula is C22H26N4O2S. The van der Waals surface area contributed by atoms with Gasteiger partial charge in [-0.2, -0.15) is 5.10 Å². The molecule has 1 N–H and O–H groups in total. The number of fused-ring (bicyclic) bond motifs is 2. The van der Waals surface area contributed by atoms with Crippen molar-refractivity contribution < 1.29 is 4.79 Å². The fraction of sp³-hybridized carbons (Fsp3) is 0.455. The second-order valence-electron chi connectivity index (χ2n) is 8.03. The third kappa shape index (κ3) is 4.24. The number of hydrogen-bond donors (Lipinski definition) is 1. The second-order valence-corrected chi connectivity index (χ2v) is 9.12. The summed E-state index contributed by atoms with van der Waals surface area (Å²) in [7, 11) is 0. The number of amides is 1. The molecule has 0 unspecified atom stereocenters. The van der Waals surface area contributed by atoms with E-state index in [9.17, 15) is 9.59 Å². The maximum atomic E-state index is 13.1. The molecule has 0 saturated carbocycles. The van der Waals surface area contributed by atoms with E-state index in [-0.39, 0.29) is 23.1 Å². The Hall–Kier alpha value is -2.54. The van der Waals surface area contributed by atoms with E-state index in [2.05, 4.69) is 15.4 Å². The number of nitrogens with zero attached hydrogens (tertiary/aromatic N) is 3. The Balaban J connectivity index is 1.69. The lowest BCUT2D eigenvalue weighted by Crippen LogP contribution is -2.29. The maximum Gasteiger partial charge on any atom is 0.278 e. The van der Waals surface area contributed by atoms with Gasteiger partial charge in [-0.05, 0) is 37.7 Å². The molecule has 29 heavy (non-hydrogen) atoms. The maximum absolute atomic E-state index is 13.1. The summed E-state index contributed by atoms with van der Waals surface area (Å²) in [5.41, 5.74) is 1.22. The van der Waals surface area contributed by atoms with Crippen LogP contribution in [0.25, 0.3) is 10.8 Å². The zero-order chi connectivity index (χ0) is 20.4. The van der Waals surface area contributed by atoms with Gasteiger partial charge in [0.15, 0.2) is 10.8 Å². The van der Waals surface area contributed by atoms with E-state index in [0.29, 0.717) is 22.4 Å². The first-order valence-electron chi connectivity index (χ1n) is 10.3. The van der Waals surface area contributed by atoms with Gasteiger partial charge < -0.3 is 0 Å². The normalized spacial score (nSPS) is 14.4. The predicted molar refractivity (Wildman–Crippen MR) is 117 cm³/mol.